The second-order valence-electron chi connectivity index (χ2n) is 7.93. The smallest absolute Gasteiger partial charge is 0.261 e. The zero-order valence-corrected chi connectivity index (χ0v) is 19.9. The highest BCUT2D eigenvalue weighted by atomic mass is 16.5. The van der Waals surface area contributed by atoms with Crippen LogP contribution in [0.5, 0.6) is 11.5 Å². The summed E-state index contributed by atoms with van der Waals surface area (Å²) in [5.41, 5.74) is 3.03. The minimum atomic E-state index is -0.566. The van der Waals surface area contributed by atoms with Crippen molar-refractivity contribution in [3.63, 3.8) is 0 Å². The van der Waals surface area contributed by atoms with Crippen LogP contribution < -0.4 is 14.8 Å². The molecule has 0 heterocycles. The van der Waals surface area contributed by atoms with E-state index < -0.39 is 6.04 Å². The fraction of sp³-hybridized carbons (Fsp3) is 0.462. The molecule has 2 aromatic carbocycles. The zero-order chi connectivity index (χ0) is 23.5. The Morgan fingerprint density at radius 1 is 1.06 bits per heavy atom. The summed E-state index contributed by atoms with van der Waals surface area (Å²) in [6, 6.07) is 12.7. The van der Waals surface area contributed by atoms with Crippen LogP contribution in [0.4, 0.5) is 0 Å². The summed E-state index contributed by atoms with van der Waals surface area (Å²) in [7, 11) is 1.61. The number of carbonyl (C=O) groups is 2. The van der Waals surface area contributed by atoms with Crippen molar-refractivity contribution < 1.29 is 19.1 Å². The maximum atomic E-state index is 13.3. The molecule has 0 aliphatic rings. The van der Waals surface area contributed by atoms with Crippen LogP contribution in [0.2, 0.25) is 0 Å². The number of aryl methyl sites for hydroxylation is 1. The summed E-state index contributed by atoms with van der Waals surface area (Å²) in [6.07, 6.45) is 2.42. The lowest BCUT2D eigenvalue weighted by Crippen LogP contribution is -2.50. The predicted octanol–water partition coefficient (Wildman–Crippen LogP) is 4.41. The molecule has 0 bridgehead atoms. The standard InChI is InChI=1S/C26H36N2O4/c1-6-8-16-27-26(30)23(7-2)28(17-21-12-14-22(31-5)15-13-21)25(29)18-32-24-11-9-10-19(3)20(24)4/h9-15,23H,6-8,16-18H2,1-5H3,(H,27,30)/t23-/m0/s1. The number of nitrogens with zero attached hydrogens (tertiary/aromatic N) is 1. The van der Waals surface area contributed by atoms with Gasteiger partial charge in [0.15, 0.2) is 6.61 Å². The lowest BCUT2D eigenvalue weighted by atomic mass is 10.1. The fourth-order valence-corrected chi connectivity index (χ4v) is 3.46. The van der Waals surface area contributed by atoms with Crippen LogP contribution in [-0.2, 0) is 16.1 Å². The van der Waals surface area contributed by atoms with E-state index in [9.17, 15) is 9.59 Å². The predicted molar refractivity (Wildman–Crippen MR) is 127 cm³/mol. The van der Waals surface area contributed by atoms with Gasteiger partial charge in [0.1, 0.15) is 17.5 Å². The quantitative estimate of drug-likeness (QED) is 0.496. The molecule has 0 aliphatic carbocycles. The fourth-order valence-electron chi connectivity index (χ4n) is 3.46. The highest BCUT2D eigenvalue weighted by Crippen LogP contribution is 2.21. The van der Waals surface area contributed by atoms with Crippen molar-refractivity contribution in [2.75, 3.05) is 20.3 Å². The molecule has 2 amide bonds. The molecule has 32 heavy (non-hydrogen) atoms. The van der Waals surface area contributed by atoms with Gasteiger partial charge in [-0.25, -0.2) is 0 Å². The van der Waals surface area contributed by atoms with Crippen LogP contribution in [0.1, 0.15) is 49.8 Å². The number of methoxy groups -OCH3 is 1. The van der Waals surface area contributed by atoms with E-state index >= 15 is 0 Å². The number of carbonyl (C=O) groups excluding carboxylic acids is 2. The molecular formula is C26H36N2O4. The molecule has 0 saturated heterocycles. The zero-order valence-electron chi connectivity index (χ0n) is 19.9. The minimum absolute atomic E-state index is 0.126. The molecule has 0 fully saturated rings. The van der Waals surface area contributed by atoms with Gasteiger partial charge in [-0.15, -0.1) is 0 Å². The Bertz CT molecular complexity index is 880. The average molecular weight is 441 g/mol. The van der Waals surface area contributed by atoms with E-state index in [-0.39, 0.29) is 18.4 Å². The first-order valence-electron chi connectivity index (χ1n) is 11.3. The summed E-state index contributed by atoms with van der Waals surface area (Å²) in [5, 5.41) is 2.97. The molecule has 0 aromatic heterocycles. The van der Waals surface area contributed by atoms with Gasteiger partial charge in [-0.1, -0.05) is 44.5 Å². The largest absolute Gasteiger partial charge is 0.497 e. The summed E-state index contributed by atoms with van der Waals surface area (Å²) >= 11 is 0. The molecule has 1 atom stereocenters. The van der Waals surface area contributed by atoms with Crippen LogP contribution >= 0.6 is 0 Å². The van der Waals surface area contributed by atoms with E-state index in [0.29, 0.717) is 25.3 Å². The summed E-state index contributed by atoms with van der Waals surface area (Å²) in [4.78, 5) is 27.8. The van der Waals surface area contributed by atoms with Gasteiger partial charge in [0.2, 0.25) is 5.91 Å². The third-order valence-corrected chi connectivity index (χ3v) is 5.63. The summed E-state index contributed by atoms with van der Waals surface area (Å²) in [6.45, 7) is 8.78. The van der Waals surface area contributed by atoms with Gasteiger partial charge in [0, 0.05) is 13.1 Å². The van der Waals surface area contributed by atoms with Crippen molar-refractivity contribution in [3.05, 3.63) is 59.2 Å². The first kappa shape index (κ1) is 25.2. The van der Waals surface area contributed by atoms with Crippen LogP contribution in [0, 0.1) is 13.8 Å². The van der Waals surface area contributed by atoms with Gasteiger partial charge in [-0.05, 0) is 61.6 Å². The Labute approximate surface area is 191 Å². The molecule has 0 aliphatic heterocycles. The molecule has 2 aromatic rings. The number of benzene rings is 2. The Morgan fingerprint density at radius 2 is 1.78 bits per heavy atom. The average Bonchev–Trinajstić information content (AvgIpc) is 2.80. The monoisotopic (exact) mass is 440 g/mol. The van der Waals surface area contributed by atoms with Crippen LogP contribution in [-0.4, -0.2) is 43.0 Å². The van der Waals surface area contributed by atoms with Crippen molar-refractivity contribution in [2.45, 2.75) is 59.5 Å². The first-order valence-corrected chi connectivity index (χ1v) is 11.3. The highest BCUT2D eigenvalue weighted by Gasteiger charge is 2.29. The van der Waals surface area contributed by atoms with Crippen molar-refractivity contribution in [3.8, 4) is 11.5 Å². The SMILES string of the molecule is CCCCNC(=O)[C@H](CC)N(Cc1ccc(OC)cc1)C(=O)COc1cccc(C)c1C. The molecule has 0 unspecified atom stereocenters. The van der Waals surface area contributed by atoms with Crippen LogP contribution in [0.15, 0.2) is 42.5 Å². The number of rotatable bonds is 12. The van der Waals surface area contributed by atoms with Crippen molar-refractivity contribution in [2.24, 2.45) is 0 Å². The third kappa shape index (κ3) is 7.01. The lowest BCUT2D eigenvalue weighted by molar-refractivity contribution is -0.143. The molecule has 0 spiro atoms. The number of ether oxygens (including phenoxy) is 2. The van der Waals surface area contributed by atoms with E-state index in [1.54, 1.807) is 12.0 Å². The normalized spacial score (nSPS) is 11.5. The maximum absolute atomic E-state index is 13.3. The minimum Gasteiger partial charge on any atom is -0.497 e. The van der Waals surface area contributed by atoms with E-state index in [1.165, 1.54) is 0 Å². The van der Waals surface area contributed by atoms with Gasteiger partial charge in [-0.3, -0.25) is 9.59 Å². The highest BCUT2D eigenvalue weighted by molar-refractivity contribution is 5.88. The summed E-state index contributed by atoms with van der Waals surface area (Å²) in [5.74, 6) is 1.08. The van der Waals surface area contributed by atoms with Gasteiger partial charge in [-0.2, -0.15) is 0 Å². The van der Waals surface area contributed by atoms with E-state index in [4.69, 9.17) is 9.47 Å². The summed E-state index contributed by atoms with van der Waals surface area (Å²) < 4.78 is 11.1. The molecule has 0 radical (unpaired) electrons. The Balaban J connectivity index is 2.20. The Kier molecular flexibility index (Phi) is 10.1. The van der Waals surface area contributed by atoms with E-state index in [1.807, 2.05) is 63.2 Å². The Morgan fingerprint density at radius 3 is 2.41 bits per heavy atom. The second kappa shape index (κ2) is 12.7. The molecule has 2 rings (SSSR count). The van der Waals surface area contributed by atoms with Crippen molar-refractivity contribution >= 4 is 11.8 Å². The number of hydrogen-bond acceptors (Lipinski definition) is 4. The van der Waals surface area contributed by atoms with Gasteiger partial charge in [0.25, 0.3) is 5.91 Å². The lowest BCUT2D eigenvalue weighted by Gasteiger charge is -2.30. The number of amides is 2. The van der Waals surface area contributed by atoms with Crippen molar-refractivity contribution in [1.29, 1.82) is 0 Å². The molecular weight excluding hydrogens is 404 g/mol. The molecule has 1 N–H and O–H groups in total. The van der Waals surface area contributed by atoms with Gasteiger partial charge >= 0.3 is 0 Å². The number of unbranched alkanes of at least 4 members (excludes halogenated alkanes) is 1. The molecule has 0 saturated carbocycles. The molecule has 6 heteroatoms. The van der Waals surface area contributed by atoms with Gasteiger partial charge in [0.05, 0.1) is 7.11 Å². The number of hydrogen-bond donors (Lipinski definition) is 1. The van der Waals surface area contributed by atoms with Crippen molar-refractivity contribution in [1.82, 2.24) is 10.2 Å². The van der Waals surface area contributed by atoms with Gasteiger partial charge < -0.3 is 19.7 Å². The first-order chi connectivity index (χ1) is 15.4. The van der Waals surface area contributed by atoms with E-state index in [0.717, 1.165) is 35.3 Å². The molecule has 6 nitrogen and oxygen atoms in total. The maximum Gasteiger partial charge on any atom is 0.261 e. The van der Waals surface area contributed by atoms with E-state index in [2.05, 4.69) is 12.2 Å². The van der Waals surface area contributed by atoms with Crippen LogP contribution in [0.25, 0.3) is 0 Å². The third-order valence-electron chi connectivity index (χ3n) is 5.63. The second-order valence-corrected chi connectivity index (χ2v) is 7.93. The molecule has 174 valence electrons. The topological polar surface area (TPSA) is 67.9 Å². The Hall–Kier alpha value is -3.02. The number of nitrogens with one attached hydrogen (secondary N) is 1. The van der Waals surface area contributed by atoms with Crippen LogP contribution in [0.3, 0.4) is 0 Å².